The minimum absolute atomic E-state index is 0.107. The lowest BCUT2D eigenvalue weighted by Gasteiger charge is -2.08. The summed E-state index contributed by atoms with van der Waals surface area (Å²) in [5.74, 6) is 0.107. The fraction of sp³-hybridized carbons (Fsp3) is 0. The zero-order valence-electron chi connectivity index (χ0n) is 15.0. The van der Waals surface area contributed by atoms with Gasteiger partial charge in [-0.15, -0.1) is 0 Å². The Kier molecular flexibility index (Phi) is 3.64. The van der Waals surface area contributed by atoms with E-state index in [1.54, 1.807) is 36.7 Å². The van der Waals surface area contributed by atoms with Crippen LogP contribution in [0.4, 0.5) is 0 Å². The molecular formula is C22H12N5O2+. The smallest absolute Gasteiger partial charge is 0.299 e. The van der Waals surface area contributed by atoms with Crippen molar-refractivity contribution in [1.29, 1.82) is 5.26 Å². The SMILES string of the molecule is N#Cc1ccc(-c2cccc(-n3cnc4ccc(-c5nc(=O)[n+]5=O)cc43)c2)cc1. The molecule has 136 valence electrons. The minimum Gasteiger partial charge on any atom is -0.299 e. The van der Waals surface area contributed by atoms with E-state index in [0.717, 1.165) is 27.8 Å². The molecular weight excluding hydrogens is 366 g/mol. The molecule has 0 saturated carbocycles. The van der Waals surface area contributed by atoms with E-state index in [1.165, 1.54) is 0 Å². The largest absolute Gasteiger partial charge is 0.521 e. The van der Waals surface area contributed by atoms with E-state index >= 15 is 0 Å². The molecule has 5 rings (SSSR count). The first-order valence-electron chi connectivity index (χ1n) is 8.82. The quantitative estimate of drug-likeness (QED) is 0.450. The van der Waals surface area contributed by atoms with Crippen molar-refractivity contribution >= 4 is 11.0 Å². The lowest BCUT2D eigenvalue weighted by Crippen LogP contribution is -2.47. The van der Waals surface area contributed by atoms with E-state index in [1.807, 2.05) is 41.0 Å². The first kappa shape index (κ1) is 16.7. The van der Waals surface area contributed by atoms with Crippen molar-refractivity contribution in [1.82, 2.24) is 14.5 Å². The van der Waals surface area contributed by atoms with Crippen LogP contribution in [0.25, 0.3) is 39.2 Å². The number of hydrogen-bond acceptors (Lipinski definition) is 5. The second-order valence-electron chi connectivity index (χ2n) is 6.57. The van der Waals surface area contributed by atoms with E-state index in [9.17, 15) is 9.70 Å². The fourth-order valence-electron chi connectivity index (χ4n) is 3.33. The average Bonchev–Trinajstić information content (AvgIpc) is 3.20. The Hall–Kier alpha value is -4.44. The zero-order chi connectivity index (χ0) is 20.0. The van der Waals surface area contributed by atoms with Crippen molar-refractivity contribution in [3.05, 3.63) is 94.0 Å². The third kappa shape index (κ3) is 2.71. The molecule has 0 radical (unpaired) electrons. The molecule has 0 spiro atoms. The molecule has 2 heterocycles. The molecule has 0 unspecified atom stereocenters. The van der Waals surface area contributed by atoms with Crippen LogP contribution in [0.1, 0.15) is 5.56 Å². The molecule has 0 aliphatic rings. The highest BCUT2D eigenvalue weighted by Gasteiger charge is 2.22. The molecule has 0 fully saturated rings. The first-order chi connectivity index (χ1) is 14.1. The summed E-state index contributed by atoms with van der Waals surface area (Å²) in [4.78, 5) is 30.9. The number of nitrogens with zero attached hydrogens (tertiary/aromatic N) is 5. The van der Waals surface area contributed by atoms with Crippen molar-refractivity contribution < 1.29 is 4.43 Å². The van der Waals surface area contributed by atoms with Crippen LogP contribution in [0.15, 0.2) is 77.9 Å². The summed E-state index contributed by atoms with van der Waals surface area (Å²) in [6.07, 6.45) is 1.72. The van der Waals surface area contributed by atoms with Gasteiger partial charge in [-0.2, -0.15) is 5.26 Å². The molecule has 0 N–H and O–H groups in total. The Bertz CT molecular complexity index is 1500. The molecule has 0 amide bonds. The number of hydrogen-bond donors (Lipinski definition) is 0. The van der Waals surface area contributed by atoms with E-state index < -0.39 is 5.69 Å². The molecule has 29 heavy (non-hydrogen) atoms. The maximum Gasteiger partial charge on any atom is 0.521 e. The van der Waals surface area contributed by atoms with Gasteiger partial charge in [-0.3, -0.25) is 4.57 Å². The molecule has 0 aliphatic carbocycles. The van der Waals surface area contributed by atoms with E-state index in [2.05, 4.69) is 16.0 Å². The molecule has 0 bridgehead atoms. The average molecular weight is 378 g/mol. The van der Waals surface area contributed by atoms with Gasteiger partial charge >= 0.3 is 11.5 Å². The van der Waals surface area contributed by atoms with Crippen LogP contribution in [0.3, 0.4) is 0 Å². The van der Waals surface area contributed by atoms with Crippen molar-refractivity contribution in [3.63, 3.8) is 0 Å². The van der Waals surface area contributed by atoms with Gasteiger partial charge in [-0.1, -0.05) is 29.2 Å². The van der Waals surface area contributed by atoms with Crippen LogP contribution in [-0.2, 0) is 0 Å². The predicted molar refractivity (Wildman–Crippen MR) is 106 cm³/mol. The predicted octanol–water partition coefficient (Wildman–Crippen LogP) is 2.78. The van der Waals surface area contributed by atoms with Gasteiger partial charge in [-0.05, 0) is 58.6 Å². The van der Waals surface area contributed by atoms with Crippen LogP contribution in [0.2, 0.25) is 0 Å². The molecule has 3 aromatic carbocycles. The number of fused-ring (bicyclic) bond motifs is 1. The number of aromatic nitrogens is 4. The number of rotatable bonds is 3. The Balaban J connectivity index is 1.60. The zero-order valence-corrected chi connectivity index (χ0v) is 15.0. The van der Waals surface area contributed by atoms with Gasteiger partial charge in [0.25, 0.3) is 0 Å². The van der Waals surface area contributed by atoms with Crippen molar-refractivity contribution in [3.8, 4) is 34.3 Å². The third-order valence-corrected chi connectivity index (χ3v) is 4.84. The van der Waals surface area contributed by atoms with E-state index in [4.69, 9.17) is 5.26 Å². The van der Waals surface area contributed by atoms with Gasteiger partial charge < -0.3 is 0 Å². The summed E-state index contributed by atoms with van der Waals surface area (Å²) in [5, 5.41) is 8.97. The second kappa shape index (κ2) is 6.32. The Morgan fingerprint density at radius 1 is 0.931 bits per heavy atom. The summed E-state index contributed by atoms with van der Waals surface area (Å²) < 4.78 is 2.20. The summed E-state index contributed by atoms with van der Waals surface area (Å²) >= 11 is 0. The maximum absolute atomic E-state index is 11.6. The minimum atomic E-state index is -0.788. The molecule has 7 heteroatoms. The molecule has 0 atom stereocenters. The highest BCUT2D eigenvalue weighted by atomic mass is 16.3. The first-order valence-corrected chi connectivity index (χ1v) is 8.82. The van der Waals surface area contributed by atoms with Crippen LogP contribution in [0.5, 0.6) is 0 Å². The van der Waals surface area contributed by atoms with Gasteiger partial charge in [0, 0.05) is 10.1 Å². The molecule has 0 aliphatic heterocycles. The van der Waals surface area contributed by atoms with Gasteiger partial charge in [-0.25, -0.2) is 9.78 Å². The topological polar surface area (TPSA) is 94.5 Å². The summed E-state index contributed by atoms with van der Waals surface area (Å²) in [6, 6.07) is 22.8. The highest BCUT2D eigenvalue weighted by molar-refractivity contribution is 5.82. The lowest BCUT2D eigenvalue weighted by atomic mass is 10.0. The normalized spacial score (nSPS) is 11.0. The van der Waals surface area contributed by atoms with Crippen molar-refractivity contribution in [2.75, 3.05) is 0 Å². The van der Waals surface area contributed by atoms with Crippen LogP contribution < -0.4 is 10.1 Å². The summed E-state index contributed by atoms with van der Waals surface area (Å²) in [6.45, 7) is 0. The second-order valence-corrected chi connectivity index (χ2v) is 6.57. The number of benzene rings is 3. The highest BCUT2D eigenvalue weighted by Crippen LogP contribution is 2.26. The Morgan fingerprint density at radius 2 is 1.72 bits per heavy atom. The Labute approximate surface area is 164 Å². The van der Waals surface area contributed by atoms with Gasteiger partial charge in [0.1, 0.15) is 6.33 Å². The Morgan fingerprint density at radius 3 is 2.45 bits per heavy atom. The van der Waals surface area contributed by atoms with Crippen molar-refractivity contribution in [2.24, 2.45) is 0 Å². The number of imidazole rings is 1. The standard InChI is InChI=1S/C22H12N5O2/c23-12-14-4-6-15(7-5-14)16-2-1-3-18(10-16)26-13-24-19-9-8-17(11-20(19)26)21-25-22(28)27(21)29/h1-11,13H/q+1. The number of nitriles is 1. The third-order valence-electron chi connectivity index (χ3n) is 4.84. The lowest BCUT2D eigenvalue weighted by molar-refractivity contribution is -0.527. The van der Waals surface area contributed by atoms with Crippen LogP contribution in [-0.4, -0.2) is 14.5 Å². The monoisotopic (exact) mass is 378 g/mol. The summed E-state index contributed by atoms with van der Waals surface area (Å²) in [5.41, 5.74) is 4.86. The van der Waals surface area contributed by atoms with Gasteiger partial charge in [0.2, 0.25) is 0 Å². The molecule has 7 nitrogen and oxygen atoms in total. The maximum atomic E-state index is 11.6. The molecule has 5 aromatic rings. The fourth-order valence-corrected chi connectivity index (χ4v) is 3.33. The van der Waals surface area contributed by atoms with Crippen LogP contribution >= 0.6 is 0 Å². The molecule has 0 saturated heterocycles. The summed E-state index contributed by atoms with van der Waals surface area (Å²) in [7, 11) is 0. The molecule has 2 aromatic heterocycles. The van der Waals surface area contributed by atoms with Gasteiger partial charge in [0.15, 0.2) is 0 Å². The van der Waals surface area contributed by atoms with E-state index in [-0.39, 0.29) is 10.3 Å². The van der Waals surface area contributed by atoms with Crippen molar-refractivity contribution in [2.45, 2.75) is 0 Å². The van der Waals surface area contributed by atoms with Crippen LogP contribution in [0, 0.1) is 16.2 Å². The van der Waals surface area contributed by atoms with E-state index in [0.29, 0.717) is 11.1 Å². The van der Waals surface area contributed by atoms with Gasteiger partial charge in [0.05, 0.1) is 28.2 Å².